The Morgan fingerprint density at radius 3 is 2.48 bits per heavy atom. The number of halogens is 2. The molecule has 0 heterocycles. The first-order valence-corrected chi connectivity index (χ1v) is 6.35. The van der Waals surface area contributed by atoms with Gasteiger partial charge in [0.1, 0.15) is 0 Å². The fourth-order valence-electron chi connectivity index (χ4n) is 2.01. The average Bonchev–Trinajstić information content (AvgIpc) is 2.43. The summed E-state index contributed by atoms with van der Waals surface area (Å²) in [4.78, 5) is 10.4. The monoisotopic (exact) mass is 292 g/mol. The Labute approximate surface area is 120 Å². The zero-order valence-electron chi connectivity index (χ0n) is 11.6. The maximum atomic E-state index is 13.2. The van der Waals surface area contributed by atoms with Gasteiger partial charge in [0.15, 0.2) is 11.6 Å². The van der Waals surface area contributed by atoms with Crippen molar-refractivity contribution in [1.29, 1.82) is 0 Å². The molecule has 0 aliphatic heterocycles. The van der Waals surface area contributed by atoms with Crippen LogP contribution in [0.5, 0.6) is 0 Å². The maximum absolute atomic E-state index is 13.2. The number of anilines is 1. The number of nitro benzene ring substituents is 1. The number of rotatable bonds is 4. The molecule has 0 aliphatic rings. The molecule has 0 bridgehead atoms. The van der Waals surface area contributed by atoms with E-state index < -0.39 is 16.6 Å². The SMILES string of the molecule is Cc1ccc(NC(C)c2ccc(F)c(F)c2)cc1[N+](=O)[O-]. The number of hydrogen-bond acceptors (Lipinski definition) is 3. The van der Waals surface area contributed by atoms with Crippen LogP contribution >= 0.6 is 0 Å². The van der Waals surface area contributed by atoms with Crippen LogP contribution in [0.4, 0.5) is 20.2 Å². The van der Waals surface area contributed by atoms with E-state index in [1.165, 1.54) is 12.1 Å². The molecule has 0 spiro atoms. The van der Waals surface area contributed by atoms with Crippen molar-refractivity contribution in [1.82, 2.24) is 0 Å². The highest BCUT2D eigenvalue weighted by atomic mass is 19.2. The second-order valence-electron chi connectivity index (χ2n) is 4.80. The second-order valence-corrected chi connectivity index (χ2v) is 4.80. The van der Waals surface area contributed by atoms with E-state index in [4.69, 9.17) is 0 Å². The van der Waals surface area contributed by atoms with Crippen LogP contribution in [0.15, 0.2) is 36.4 Å². The van der Waals surface area contributed by atoms with Gasteiger partial charge in [-0.3, -0.25) is 10.1 Å². The van der Waals surface area contributed by atoms with Crippen molar-refractivity contribution in [2.45, 2.75) is 19.9 Å². The van der Waals surface area contributed by atoms with Gasteiger partial charge < -0.3 is 5.32 Å². The zero-order chi connectivity index (χ0) is 15.6. The van der Waals surface area contributed by atoms with Gasteiger partial charge >= 0.3 is 0 Å². The zero-order valence-corrected chi connectivity index (χ0v) is 11.6. The summed E-state index contributed by atoms with van der Waals surface area (Å²) in [6.45, 7) is 3.42. The predicted molar refractivity (Wildman–Crippen MR) is 76.2 cm³/mol. The first kappa shape index (κ1) is 14.9. The number of nitro groups is 1. The summed E-state index contributed by atoms with van der Waals surface area (Å²) < 4.78 is 26.1. The van der Waals surface area contributed by atoms with Gasteiger partial charge in [0.25, 0.3) is 5.69 Å². The third-order valence-electron chi connectivity index (χ3n) is 3.23. The molecule has 0 aliphatic carbocycles. The minimum absolute atomic E-state index is 0.0116. The van der Waals surface area contributed by atoms with Gasteiger partial charge in [0, 0.05) is 23.4 Å². The van der Waals surface area contributed by atoms with Gasteiger partial charge in [-0.25, -0.2) is 8.78 Å². The van der Waals surface area contributed by atoms with Crippen LogP contribution in [-0.4, -0.2) is 4.92 Å². The Morgan fingerprint density at radius 2 is 1.86 bits per heavy atom. The average molecular weight is 292 g/mol. The number of aryl methyl sites for hydroxylation is 1. The fraction of sp³-hybridized carbons (Fsp3) is 0.200. The number of nitrogens with one attached hydrogen (secondary N) is 1. The topological polar surface area (TPSA) is 55.2 Å². The number of benzene rings is 2. The third-order valence-corrected chi connectivity index (χ3v) is 3.23. The maximum Gasteiger partial charge on any atom is 0.274 e. The van der Waals surface area contributed by atoms with E-state index in [-0.39, 0.29) is 11.7 Å². The van der Waals surface area contributed by atoms with Crippen molar-refractivity contribution in [2.24, 2.45) is 0 Å². The second kappa shape index (κ2) is 5.87. The van der Waals surface area contributed by atoms with E-state index in [0.717, 1.165) is 12.1 Å². The molecule has 0 aromatic heterocycles. The molecule has 2 aromatic carbocycles. The third kappa shape index (κ3) is 3.34. The van der Waals surface area contributed by atoms with Crippen molar-refractivity contribution >= 4 is 11.4 Å². The molecule has 1 atom stereocenters. The molecule has 0 amide bonds. The molecule has 0 radical (unpaired) electrons. The molecule has 110 valence electrons. The minimum atomic E-state index is -0.920. The summed E-state index contributed by atoms with van der Waals surface area (Å²) in [6, 6.07) is 8.08. The van der Waals surface area contributed by atoms with Crippen LogP contribution in [0.2, 0.25) is 0 Å². The Kier molecular flexibility index (Phi) is 4.16. The molecule has 6 heteroatoms. The summed E-state index contributed by atoms with van der Waals surface area (Å²) in [5.74, 6) is -1.83. The lowest BCUT2D eigenvalue weighted by Gasteiger charge is -2.16. The van der Waals surface area contributed by atoms with E-state index in [2.05, 4.69) is 5.32 Å². The van der Waals surface area contributed by atoms with Crippen molar-refractivity contribution < 1.29 is 13.7 Å². The summed E-state index contributed by atoms with van der Waals surface area (Å²) >= 11 is 0. The predicted octanol–water partition coefficient (Wildman–Crippen LogP) is 4.35. The molecule has 1 unspecified atom stereocenters. The first-order chi connectivity index (χ1) is 9.88. The number of nitrogens with zero attached hydrogens (tertiary/aromatic N) is 1. The van der Waals surface area contributed by atoms with Crippen LogP contribution in [-0.2, 0) is 0 Å². The molecule has 2 aromatic rings. The lowest BCUT2D eigenvalue weighted by molar-refractivity contribution is -0.385. The molecule has 0 fully saturated rings. The quantitative estimate of drug-likeness (QED) is 0.673. The van der Waals surface area contributed by atoms with Crippen LogP contribution in [0.25, 0.3) is 0 Å². The van der Waals surface area contributed by atoms with E-state index in [9.17, 15) is 18.9 Å². The Balaban J connectivity index is 2.23. The molecular weight excluding hydrogens is 278 g/mol. The Hall–Kier alpha value is -2.50. The summed E-state index contributed by atoms with van der Waals surface area (Å²) in [5.41, 5.74) is 1.67. The Morgan fingerprint density at radius 1 is 1.14 bits per heavy atom. The summed E-state index contributed by atoms with van der Waals surface area (Å²) in [7, 11) is 0. The number of hydrogen-bond donors (Lipinski definition) is 1. The van der Waals surface area contributed by atoms with Gasteiger partial charge in [0.2, 0.25) is 0 Å². The van der Waals surface area contributed by atoms with E-state index in [0.29, 0.717) is 16.8 Å². The van der Waals surface area contributed by atoms with Crippen molar-refractivity contribution in [3.05, 3.63) is 69.3 Å². The van der Waals surface area contributed by atoms with Crippen LogP contribution in [0.1, 0.15) is 24.1 Å². The fourth-order valence-corrected chi connectivity index (χ4v) is 2.01. The van der Waals surface area contributed by atoms with Gasteiger partial charge in [-0.2, -0.15) is 0 Å². The molecular formula is C15H14F2N2O2. The Bertz CT molecular complexity index is 689. The van der Waals surface area contributed by atoms with Crippen LogP contribution < -0.4 is 5.32 Å². The largest absolute Gasteiger partial charge is 0.378 e. The summed E-state index contributed by atoms with van der Waals surface area (Å²) in [5, 5.41) is 13.9. The van der Waals surface area contributed by atoms with Crippen molar-refractivity contribution in [2.75, 3.05) is 5.32 Å². The molecule has 2 rings (SSSR count). The van der Waals surface area contributed by atoms with Crippen molar-refractivity contribution in [3.63, 3.8) is 0 Å². The van der Waals surface area contributed by atoms with Gasteiger partial charge in [0.05, 0.1) is 4.92 Å². The molecule has 0 saturated carbocycles. The van der Waals surface area contributed by atoms with E-state index in [1.807, 2.05) is 0 Å². The lowest BCUT2D eigenvalue weighted by atomic mass is 10.1. The first-order valence-electron chi connectivity index (χ1n) is 6.35. The smallest absolute Gasteiger partial charge is 0.274 e. The van der Waals surface area contributed by atoms with E-state index in [1.54, 1.807) is 26.0 Å². The van der Waals surface area contributed by atoms with Crippen molar-refractivity contribution in [3.8, 4) is 0 Å². The summed E-state index contributed by atoms with van der Waals surface area (Å²) in [6.07, 6.45) is 0. The van der Waals surface area contributed by atoms with Crippen LogP contribution in [0.3, 0.4) is 0 Å². The van der Waals surface area contributed by atoms with Gasteiger partial charge in [-0.15, -0.1) is 0 Å². The highest BCUT2D eigenvalue weighted by molar-refractivity contribution is 5.55. The van der Waals surface area contributed by atoms with Gasteiger partial charge in [-0.05, 0) is 37.6 Å². The normalized spacial score (nSPS) is 12.0. The van der Waals surface area contributed by atoms with Crippen LogP contribution in [0, 0.1) is 28.7 Å². The lowest BCUT2D eigenvalue weighted by Crippen LogP contribution is -2.07. The standard InChI is InChI=1S/C15H14F2N2O2/c1-9-3-5-12(8-15(9)19(20)21)18-10(2)11-4-6-13(16)14(17)7-11/h3-8,10,18H,1-2H3. The van der Waals surface area contributed by atoms with Gasteiger partial charge in [-0.1, -0.05) is 12.1 Å². The highest BCUT2D eigenvalue weighted by Crippen LogP contribution is 2.26. The molecule has 4 nitrogen and oxygen atoms in total. The van der Waals surface area contributed by atoms with E-state index >= 15 is 0 Å². The molecule has 0 saturated heterocycles. The molecule has 1 N–H and O–H groups in total. The highest BCUT2D eigenvalue weighted by Gasteiger charge is 2.13. The molecule has 21 heavy (non-hydrogen) atoms. The minimum Gasteiger partial charge on any atom is -0.378 e.